The quantitative estimate of drug-likeness (QED) is 0.754. The van der Waals surface area contributed by atoms with Gasteiger partial charge in [0.1, 0.15) is 5.69 Å². The Hall–Kier alpha value is -0.973. The third kappa shape index (κ3) is 2.98. The summed E-state index contributed by atoms with van der Waals surface area (Å²) in [6.07, 6.45) is 0. The van der Waals surface area contributed by atoms with Crippen LogP contribution in [0.3, 0.4) is 0 Å². The molecule has 1 aliphatic heterocycles. The number of amides is 1. The number of aromatic nitrogens is 1. The minimum atomic E-state index is -1.07. The molecule has 1 fully saturated rings. The second-order valence-corrected chi connectivity index (χ2v) is 12.7. The summed E-state index contributed by atoms with van der Waals surface area (Å²) >= 11 is 12.2. The van der Waals surface area contributed by atoms with E-state index in [9.17, 15) is 4.79 Å². The van der Waals surface area contributed by atoms with Crippen molar-refractivity contribution in [2.45, 2.75) is 25.2 Å². The van der Waals surface area contributed by atoms with Gasteiger partial charge in [0.2, 0.25) is 0 Å². The molecule has 21 heavy (non-hydrogen) atoms. The molecule has 1 aromatic heterocycles. The van der Waals surface area contributed by atoms with E-state index in [4.69, 9.17) is 23.2 Å². The van der Waals surface area contributed by atoms with Crippen LogP contribution in [0.5, 0.6) is 0 Å². The molecule has 3 nitrogen and oxygen atoms in total. The van der Waals surface area contributed by atoms with Gasteiger partial charge in [0.05, 0.1) is 13.1 Å². The summed E-state index contributed by atoms with van der Waals surface area (Å²) in [6.45, 7) is 6.50. The van der Waals surface area contributed by atoms with Crippen LogP contribution in [0, 0.1) is 0 Å². The summed E-state index contributed by atoms with van der Waals surface area (Å²) in [5, 5.41) is 1.98. The van der Waals surface area contributed by atoms with Crippen LogP contribution in [0.2, 0.25) is 35.2 Å². The molecule has 6 heteroatoms. The highest BCUT2D eigenvalue weighted by atomic mass is 35.5. The average molecular weight is 341 g/mol. The van der Waals surface area contributed by atoms with E-state index in [2.05, 4.69) is 18.1 Å². The molecule has 0 saturated carbocycles. The largest absolute Gasteiger partial charge is 0.350 e. The Balaban J connectivity index is 1.87. The smallest absolute Gasteiger partial charge is 0.270 e. The highest BCUT2D eigenvalue weighted by molar-refractivity contribution is 6.77. The third-order valence-electron chi connectivity index (χ3n) is 4.29. The molecular weight excluding hydrogens is 323 g/mol. The molecule has 0 unspecified atom stereocenters. The number of rotatable bonds is 1. The number of aromatic amines is 1. The van der Waals surface area contributed by atoms with E-state index < -0.39 is 8.07 Å². The molecule has 1 aliphatic rings. The summed E-state index contributed by atoms with van der Waals surface area (Å²) in [5.74, 6) is 0.0582. The van der Waals surface area contributed by atoms with Crippen LogP contribution < -0.4 is 0 Å². The lowest BCUT2D eigenvalue weighted by molar-refractivity contribution is 0.0760. The summed E-state index contributed by atoms with van der Waals surface area (Å²) in [7, 11) is -1.07. The number of carbonyl (C=O) groups excluding carboxylic acids is 1. The standard InChI is InChI=1S/C15H18Cl2N2OSi/c1-21(2)5-3-19(4-6-21)15(20)14-9-11-12(17)7-10(16)8-13(11)18-14/h7-9,18H,3-6H2,1-2H3. The average Bonchev–Trinajstić information content (AvgIpc) is 2.82. The molecular formula is C15H18Cl2N2OSi. The molecule has 1 aromatic carbocycles. The number of nitrogens with one attached hydrogen (secondary N) is 1. The predicted octanol–water partition coefficient (Wildman–Crippen LogP) is 4.64. The molecule has 0 aliphatic carbocycles. The Kier molecular flexibility index (Phi) is 3.80. The lowest BCUT2D eigenvalue weighted by atomic mass is 10.2. The van der Waals surface area contributed by atoms with Gasteiger partial charge in [0.25, 0.3) is 5.91 Å². The molecule has 0 radical (unpaired) electrons. The maximum atomic E-state index is 12.6. The number of hydrogen-bond donors (Lipinski definition) is 1. The summed E-state index contributed by atoms with van der Waals surface area (Å²) < 4.78 is 0. The first-order valence-electron chi connectivity index (χ1n) is 7.13. The molecule has 1 saturated heterocycles. The predicted molar refractivity (Wildman–Crippen MR) is 91.3 cm³/mol. The van der Waals surface area contributed by atoms with Crippen molar-refractivity contribution in [1.82, 2.24) is 9.88 Å². The van der Waals surface area contributed by atoms with Gasteiger partial charge >= 0.3 is 0 Å². The van der Waals surface area contributed by atoms with Crippen LogP contribution in [0.4, 0.5) is 0 Å². The van der Waals surface area contributed by atoms with Crippen molar-refractivity contribution in [3.05, 3.63) is 33.9 Å². The van der Waals surface area contributed by atoms with E-state index in [1.165, 1.54) is 12.1 Å². The fourth-order valence-electron chi connectivity index (χ4n) is 2.76. The second kappa shape index (κ2) is 5.34. The fraction of sp³-hybridized carbons (Fsp3) is 0.400. The monoisotopic (exact) mass is 340 g/mol. The van der Waals surface area contributed by atoms with Crippen LogP contribution in [0.25, 0.3) is 10.9 Å². The first-order chi connectivity index (χ1) is 9.85. The highest BCUT2D eigenvalue weighted by Gasteiger charge is 2.30. The molecule has 0 atom stereocenters. The second-order valence-electron chi connectivity index (χ2n) is 6.49. The van der Waals surface area contributed by atoms with Gasteiger partial charge in [-0.05, 0) is 30.3 Å². The van der Waals surface area contributed by atoms with E-state index >= 15 is 0 Å². The number of hydrogen-bond acceptors (Lipinski definition) is 1. The first kappa shape index (κ1) is 14.9. The molecule has 1 amide bonds. The zero-order valence-corrected chi connectivity index (χ0v) is 14.7. The van der Waals surface area contributed by atoms with Crippen LogP contribution in [0.1, 0.15) is 10.5 Å². The van der Waals surface area contributed by atoms with Gasteiger partial charge in [0.15, 0.2) is 0 Å². The fourth-order valence-corrected chi connectivity index (χ4v) is 5.31. The minimum absolute atomic E-state index is 0.0582. The van der Waals surface area contributed by atoms with Crippen molar-refractivity contribution < 1.29 is 4.79 Å². The number of carbonyl (C=O) groups is 1. The van der Waals surface area contributed by atoms with E-state index in [1.54, 1.807) is 12.1 Å². The normalized spacial score (nSPS) is 18.2. The van der Waals surface area contributed by atoms with E-state index in [0.29, 0.717) is 15.7 Å². The minimum Gasteiger partial charge on any atom is -0.350 e. The summed E-state index contributed by atoms with van der Waals surface area (Å²) in [4.78, 5) is 17.7. The molecule has 112 valence electrons. The van der Waals surface area contributed by atoms with Gasteiger partial charge in [-0.3, -0.25) is 4.79 Å². The van der Waals surface area contributed by atoms with E-state index in [0.717, 1.165) is 24.0 Å². The molecule has 1 N–H and O–H groups in total. The summed E-state index contributed by atoms with van der Waals surface area (Å²) in [6, 6.07) is 7.67. The molecule has 2 aromatic rings. The summed E-state index contributed by atoms with van der Waals surface area (Å²) in [5.41, 5.74) is 1.40. The zero-order valence-electron chi connectivity index (χ0n) is 12.2. The lowest BCUT2D eigenvalue weighted by Crippen LogP contribution is -2.45. The molecule has 0 bridgehead atoms. The lowest BCUT2D eigenvalue weighted by Gasteiger charge is -2.35. The number of halogens is 2. The topological polar surface area (TPSA) is 36.1 Å². The Morgan fingerprint density at radius 1 is 1.19 bits per heavy atom. The van der Waals surface area contributed by atoms with Crippen molar-refractivity contribution in [3.63, 3.8) is 0 Å². The van der Waals surface area contributed by atoms with Crippen LogP contribution in [0.15, 0.2) is 18.2 Å². The maximum Gasteiger partial charge on any atom is 0.270 e. The Morgan fingerprint density at radius 3 is 2.52 bits per heavy atom. The van der Waals surface area contributed by atoms with E-state index in [1.807, 2.05) is 11.0 Å². The van der Waals surface area contributed by atoms with E-state index in [-0.39, 0.29) is 5.91 Å². The van der Waals surface area contributed by atoms with Gasteiger partial charge in [-0.15, -0.1) is 0 Å². The number of H-pyrrole nitrogens is 1. The Bertz CT molecular complexity index is 701. The van der Waals surface area contributed by atoms with Crippen molar-refractivity contribution in [1.29, 1.82) is 0 Å². The first-order valence-corrected chi connectivity index (χ1v) is 11.3. The van der Waals surface area contributed by atoms with Crippen molar-refractivity contribution in [3.8, 4) is 0 Å². The van der Waals surface area contributed by atoms with Crippen LogP contribution in [-0.4, -0.2) is 37.0 Å². The van der Waals surface area contributed by atoms with Crippen LogP contribution in [-0.2, 0) is 0 Å². The van der Waals surface area contributed by atoms with Gasteiger partial charge in [-0.2, -0.15) is 0 Å². The van der Waals surface area contributed by atoms with Crippen molar-refractivity contribution >= 4 is 48.1 Å². The molecule has 0 spiro atoms. The van der Waals surface area contributed by atoms with Crippen LogP contribution >= 0.6 is 23.2 Å². The van der Waals surface area contributed by atoms with Gasteiger partial charge in [-0.25, -0.2) is 0 Å². The molecule has 3 rings (SSSR count). The number of benzene rings is 1. The van der Waals surface area contributed by atoms with Crippen molar-refractivity contribution in [2.75, 3.05) is 13.1 Å². The maximum absolute atomic E-state index is 12.6. The molecule has 2 heterocycles. The van der Waals surface area contributed by atoms with Crippen molar-refractivity contribution in [2.24, 2.45) is 0 Å². The Labute approximate surface area is 135 Å². The number of nitrogens with zero attached hydrogens (tertiary/aromatic N) is 1. The SMILES string of the molecule is C[Si]1(C)CCN(C(=O)c2cc3c(Cl)cc(Cl)cc3[nH]2)CC1. The highest BCUT2D eigenvalue weighted by Crippen LogP contribution is 2.29. The van der Waals surface area contributed by atoms with Gasteiger partial charge < -0.3 is 9.88 Å². The van der Waals surface area contributed by atoms with Gasteiger partial charge in [0, 0.05) is 29.0 Å². The zero-order chi connectivity index (χ0) is 15.2. The third-order valence-corrected chi connectivity index (χ3v) is 7.97. The number of fused-ring (bicyclic) bond motifs is 1. The Morgan fingerprint density at radius 2 is 1.86 bits per heavy atom. The van der Waals surface area contributed by atoms with Gasteiger partial charge in [-0.1, -0.05) is 36.3 Å².